The molecule has 9 nitrogen and oxygen atoms in total. The van der Waals surface area contributed by atoms with Gasteiger partial charge < -0.3 is 15.0 Å². The van der Waals surface area contributed by atoms with Crippen molar-refractivity contribution in [1.29, 1.82) is 0 Å². The first kappa shape index (κ1) is 29.7. The van der Waals surface area contributed by atoms with Gasteiger partial charge in [-0.15, -0.1) is 0 Å². The highest BCUT2D eigenvalue weighted by Gasteiger charge is 2.19. The highest BCUT2D eigenvalue weighted by atomic mass is 32.2. The van der Waals surface area contributed by atoms with Crippen LogP contribution in [-0.2, 0) is 22.6 Å². The number of benzene rings is 2. The van der Waals surface area contributed by atoms with Gasteiger partial charge >= 0.3 is 0 Å². The van der Waals surface area contributed by atoms with Crippen molar-refractivity contribution in [2.75, 3.05) is 62.8 Å². The van der Waals surface area contributed by atoms with E-state index < -0.39 is 0 Å². The number of nitrogens with zero attached hydrogens (tertiary/aromatic N) is 5. The zero-order chi connectivity index (χ0) is 30.6. The van der Waals surface area contributed by atoms with Crippen molar-refractivity contribution in [2.45, 2.75) is 20.0 Å². The summed E-state index contributed by atoms with van der Waals surface area (Å²) >= 11 is 1.95. The molecule has 0 bridgehead atoms. The van der Waals surface area contributed by atoms with Crippen molar-refractivity contribution in [3.05, 3.63) is 78.6 Å². The van der Waals surface area contributed by atoms with E-state index in [4.69, 9.17) is 9.84 Å². The van der Waals surface area contributed by atoms with Crippen LogP contribution in [0.15, 0.2) is 73.1 Å². The highest BCUT2D eigenvalue weighted by molar-refractivity contribution is 7.99. The first-order valence-corrected chi connectivity index (χ1v) is 16.9. The summed E-state index contributed by atoms with van der Waals surface area (Å²) in [7, 11) is 0. The summed E-state index contributed by atoms with van der Waals surface area (Å²) < 4.78 is 7.47. The topological polar surface area (TPSA) is 91.3 Å². The molecule has 0 saturated carbocycles. The van der Waals surface area contributed by atoms with Crippen molar-refractivity contribution in [3.63, 3.8) is 0 Å². The molecule has 0 unspecified atom stereocenters. The minimum Gasteiger partial charge on any atom is -0.379 e. The van der Waals surface area contributed by atoms with Crippen LogP contribution < -0.4 is 5.32 Å². The number of nitrogens with one attached hydrogen (secondary N) is 2. The lowest BCUT2D eigenvalue weighted by molar-refractivity contribution is -0.117. The summed E-state index contributed by atoms with van der Waals surface area (Å²) in [6.07, 6.45) is 3.97. The molecule has 7 rings (SSSR count). The molecule has 1 amide bonds. The first-order chi connectivity index (χ1) is 22.1. The van der Waals surface area contributed by atoms with Crippen molar-refractivity contribution >= 4 is 34.4 Å². The zero-order valence-electron chi connectivity index (χ0n) is 25.7. The largest absolute Gasteiger partial charge is 0.379 e. The van der Waals surface area contributed by atoms with E-state index in [0.717, 1.165) is 114 Å². The predicted molar refractivity (Wildman–Crippen MR) is 182 cm³/mol. The number of pyridine rings is 1. The molecule has 2 fully saturated rings. The molecule has 5 heterocycles. The second-order valence-electron chi connectivity index (χ2n) is 11.7. The van der Waals surface area contributed by atoms with Gasteiger partial charge in [0, 0.05) is 91.1 Å². The van der Waals surface area contributed by atoms with E-state index in [1.165, 1.54) is 5.56 Å². The lowest BCUT2D eigenvalue weighted by atomic mass is 10.00. The van der Waals surface area contributed by atoms with Gasteiger partial charge in [-0.2, -0.15) is 16.9 Å². The van der Waals surface area contributed by atoms with Gasteiger partial charge in [-0.25, -0.2) is 4.98 Å². The van der Waals surface area contributed by atoms with E-state index in [-0.39, 0.29) is 5.91 Å². The van der Waals surface area contributed by atoms with Gasteiger partial charge in [0.15, 0.2) is 0 Å². The molecule has 0 atom stereocenters. The standard InChI is InChI=1S/C35H39N7O2S/c1-2-42-23-31(34(39-42)27-7-9-28(10-8-27)37-33(43)24-41-15-19-45-20-16-41)29-11-12-36-35-30(29)21-32(38-35)26-5-3-25(4-6-26)22-40-13-17-44-18-14-40/h3-12,21,23H,2,13-20,22,24H2,1H3,(H,36,38)(H,37,43). The SMILES string of the molecule is CCn1cc(-c2ccnc3[nH]c(-c4ccc(CN5CCOCC5)cc4)cc23)c(-c2ccc(NC(=O)CN3CCSCC3)cc2)n1. The fraction of sp³-hybridized carbons (Fsp3) is 0.343. The van der Waals surface area contributed by atoms with Gasteiger partial charge in [0.2, 0.25) is 5.91 Å². The summed E-state index contributed by atoms with van der Waals surface area (Å²) in [5, 5.41) is 9.07. The van der Waals surface area contributed by atoms with Gasteiger partial charge in [-0.1, -0.05) is 36.4 Å². The summed E-state index contributed by atoms with van der Waals surface area (Å²) in [5.74, 6) is 2.20. The molecule has 0 radical (unpaired) electrons. The maximum Gasteiger partial charge on any atom is 0.238 e. The number of H-pyrrole nitrogens is 1. The Morgan fingerprint density at radius 3 is 2.44 bits per heavy atom. The molecule has 2 saturated heterocycles. The Labute approximate surface area is 268 Å². The second kappa shape index (κ2) is 13.6. The lowest BCUT2D eigenvalue weighted by Gasteiger charge is -2.26. The number of ether oxygens (including phenoxy) is 1. The van der Waals surface area contributed by atoms with Crippen LogP contribution >= 0.6 is 11.8 Å². The number of carbonyl (C=O) groups is 1. The highest BCUT2D eigenvalue weighted by Crippen LogP contribution is 2.37. The normalized spacial score (nSPS) is 16.3. The number of aromatic amines is 1. The van der Waals surface area contributed by atoms with Crippen molar-refractivity contribution in [3.8, 4) is 33.6 Å². The number of aryl methyl sites for hydroxylation is 1. The molecule has 10 heteroatoms. The van der Waals surface area contributed by atoms with Crippen LogP contribution in [0.25, 0.3) is 44.7 Å². The number of anilines is 1. The van der Waals surface area contributed by atoms with Crippen LogP contribution in [0, 0.1) is 0 Å². The number of hydrogen-bond acceptors (Lipinski definition) is 7. The molecular formula is C35H39N7O2S. The average molecular weight is 622 g/mol. The Balaban J connectivity index is 1.12. The number of thioether (sulfide) groups is 1. The number of fused-ring (bicyclic) bond motifs is 1. The van der Waals surface area contributed by atoms with E-state index in [1.54, 1.807) is 0 Å². The van der Waals surface area contributed by atoms with Crippen LogP contribution in [0.4, 0.5) is 5.69 Å². The summed E-state index contributed by atoms with van der Waals surface area (Å²) in [4.78, 5) is 25.5. The van der Waals surface area contributed by atoms with E-state index >= 15 is 0 Å². The number of amides is 1. The molecule has 3 aromatic heterocycles. The third kappa shape index (κ3) is 6.84. The minimum atomic E-state index is 0.0276. The molecule has 2 aliphatic rings. The molecule has 45 heavy (non-hydrogen) atoms. The van der Waals surface area contributed by atoms with Gasteiger partial charge in [0.25, 0.3) is 0 Å². The second-order valence-corrected chi connectivity index (χ2v) is 12.9. The van der Waals surface area contributed by atoms with Crippen LogP contribution in [0.2, 0.25) is 0 Å². The van der Waals surface area contributed by atoms with Gasteiger partial charge in [0.1, 0.15) is 11.3 Å². The van der Waals surface area contributed by atoms with Gasteiger partial charge in [-0.3, -0.25) is 19.3 Å². The predicted octanol–water partition coefficient (Wildman–Crippen LogP) is 5.60. The van der Waals surface area contributed by atoms with Crippen molar-refractivity contribution in [1.82, 2.24) is 29.5 Å². The molecule has 0 aliphatic carbocycles. The van der Waals surface area contributed by atoms with E-state index in [1.807, 2.05) is 46.9 Å². The molecule has 2 aliphatic heterocycles. The molecule has 5 aromatic rings. The van der Waals surface area contributed by atoms with Crippen molar-refractivity contribution in [2.24, 2.45) is 0 Å². The number of morpholine rings is 1. The third-order valence-corrected chi connectivity index (χ3v) is 9.54. The summed E-state index contributed by atoms with van der Waals surface area (Å²) in [5.41, 5.74) is 9.15. The van der Waals surface area contributed by atoms with Crippen LogP contribution in [-0.4, -0.2) is 92.9 Å². The zero-order valence-corrected chi connectivity index (χ0v) is 26.5. The first-order valence-electron chi connectivity index (χ1n) is 15.8. The van der Waals surface area contributed by atoms with E-state index in [2.05, 4.69) is 74.6 Å². The fourth-order valence-corrected chi connectivity index (χ4v) is 7.07. The van der Waals surface area contributed by atoms with E-state index in [9.17, 15) is 4.79 Å². The molecule has 2 aromatic carbocycles. The Morgan fingerprint density at radius 2 is 1.69 bits per heavy atom. The molecule has 0 spiro atoms. The smallest absolute Gasteiger partial charge is 0.238 e. The Bertz CT molecular complexity index is 1750. The Morgan fingerprint density at radius 1 is 0.933 bits per heavy atom. The maximum atomic E-state index is 12.7. The maximum absolute atomic E-state index is 12.7. The van der Waals surface area contributed by atoms with Gasteiger partial charge in [-0.05, 0) is 47.9 Å². The van der Waals surface area contributed by atoms with Crippen LogP contribution in [0.1, 0.15) is 12.5 Å². The summed E-state index contributed by atoms with van der Waals surface area (Å²) in [6, 6.07) is 21.1. The number of aromatic nitrogens is 4. The Hall–Kier alpha value is -3.96. The van der Waals surface area contributed by atoms with Crippen LogP contribution in [0.5, 0.6) is 0 Å². The average Bonchev–Trinajstić information content (AvgIpc) is 3.71. The third-order valence-electron chi connectivity index (χ3n) is 8.60. The number of carbonyl (C=O) groups excluding carboxylic acids is 1. The summed E-state index contributed by atoms with van der Waals surface area (Å²) in [6.45, 7) is 9.74. The molecule has 2 N–H and O–H groups in total. The van der Waals surface area contributed by atoms with Gasteiger partial charge in [0.05, 0.1) is 19.8 Å². The molecule has 232 valence electrons. The fourth-order valence-electron chi connectivity index (χ4n) is 6.09. The van der Waals surface area contributed by atoms with E-state index in [0.29, 0.717) is 6.54 Å². The lowest BCUT2D eigenvalue weighted by Crippen LogP contribution is -2.38. The van der Waals surface area contributed by atoms with Crippen LogP contribution in [0.3, 0.4) is 0 Å². The molecular weight excluding hydrogens is 582 g/mol. The number of hydrogen-bond donors (Lipinski definition) is 2. The monoisotopic (exact) mass is 621 g/mol. The number of rotatable bonds is 9. The Kier molecular flexibility index (Phi) is 8.97. The van der Waals surface area contributed by atoms with Crippen molar-refractivity contribution < 1.29 is 9.53 Å². The quantitative estimate of drug-likeness (QED) is 0.222. The minimum absolute atomic E-state index is 0.0276.